The highest BCUT2D eigenvalue weighted by molar-refractivity contribution is 5.97. The SMILES string of the molecule is CC1CCCCCN1CC(=O)c1ccccc1F. The Balaban J connectivity index is 2.04. The molecule has 1 unspecified atom stereocenters. The van der Waals surface area contributed by atoms with Crippen molar-refractivity contribution in [2.75, 3.05) is 13.1 Å². The van der Waals surface area contributed by atoms with Crippen molar-refractivity contribution in [3.8, 4) is 0 Å². The minimum atomic E-state index is -0.412. The number of carbonyl (C=O) groups excluding carboxylic acids is 1. The van der Waals surface area contributed by atoms with Gasteiger partial charge in [0.25, 0.3) is 0 Å². The van der Waals surface area contributed by atoms with Crippen LogP contribution >= 0.6 is 0 Å². The van der Waals surface area contributed by atoms with Crippen molar-refractivity contribution in [1.29, 1.82) is 0 Å². The van der Waals surface area contributed by atoms with Crippen LogP contribution in [0.2, 0.25) is 0 Å². The van der Waals surface area contributed by atoms with Gasteiger partial charge in [0.1, 0.15) is 5.82 Å². The molecule has 0 amide bonds. The number of halogens is 1. The molecule has 0 spiro atoms. The molecule has 1 aromatic rings. The minimum absolute atomic E-state index is 0.109. The van der Waals surface area contributed by atoms with E-state index in [0.717, 1.165) is 19.4 Å². The van der Waals surface area contributed by atoms with Crippen molar-refractivity contribution in [3.63, 3.8) is 0 Å². The summed E-state index contributed by atoms with van der Waals surface area (Å²) in [7, 11) is 0. The zero-order valence-electron chi connectivity index (χ0n) is 10.9. The van der Waals surface area contributed by atoms with Gasteiger partial charge in [-0.1, -0.05) is 25.0 Å². The number of likely N-dealkylation sites (tertiary alicyclic amines) is 1. The van der Waals surface area contributed by atoms with Gasteiger partial charge in [-0.15, -0.1) is 0 Å². The van der Waals surface area contributed by atoms with Crippen LogP contribution in [0.25, 0.3) is 0 Å². The molecule has 1 fully saturated rings. The van der Waals surface area contributed by atoms with E-state index >= 15 is 0 Å². The van der Waals surface area contributed by atoms with Crippen LogP contribution in [0.3, 0.4) is 0 Å². The van der Waals surface area contributed by atoms with Gasteiger partial charge in [-0.3, -0.25) is 9.69 Å². The summed E-state index contributed by atoms with van der Waals surface area (Å²) in [4.78, 5) is 14.3. The summed E-state index contributed by atoms with van der Waals surface area (Å²) >= 11 is 0. The lowest BCUT2D eigenvalue weighted by molar-refractivity contribution is 0.0897. The lowest BCUT2D eigenvalue weighted by atomic mass is 10.1. The molecule has 1 aromatic carbocycles. The maximum atomic E-state index is 13.5. The summed E-state index contributed by atoms with van der Waals surface area (Å²) in [6, 6.07) is 6.66. The Morgan fingerprint density at radius 3 is 2.89 bits per heavy atom. The van der Waals surface area contributed by atoms with Crippen LogP contribution in [0, 0.1) is 5.82 Å². The van der Waals surface area contributed by atoms with E-state index in [0.29, 0.717) is 12.6 Å². The predicted molar refractivity (Wildman–Crippen MR) is 70.2 cm³/mol. The largest absolute Gasteiger partial charge is 0.293 e. The number of carbonyl (C=O) groups is 1. The molecule has 0 aromatic heterocycles. The van der Waals surface area contributed by atoms with Crippen LogP contribution in [-0.2, 0) is 0 Å². The highest BCUT2D eigenvalue weighted by atomic mass is 19.1. The molecule has 0 aliphatic carbocycles. The van der Waals surface area contributed by atoms with Gasteiger partial charge in [-0.25, -0.2) is 4.39 Å². The first kappa shape index (κ1) is 13.2. The van der Waals surface area contributed by atoms with Gasteiger partial charge in [0, 0.05) is 6.04 Å². The van der Waals surface area contributed by atoms with E-state index in [2.05, 4.69) is 11.8 Å². The molecule has 0 N–H and O–H groups in total. The number of Topliss-reactive ketones (excluding diaryl/α,β-unsaturated/α-hetero) is 1. The molecule has 0 radical (unpaired) electrons. The van der Waals surface area contributed by atoms with Gasteiger partial charge in [-0.2, -0.15) is 0 Å². The summed E-state index contributed by atoms with van der Waals surface area (Å²) in [5.41, 5.74) is 0.217. The molecule has 1 saturated heterocycles. The Hall–Kier alpha value is -1.22. The number of benzene rings is 1. The first-order valence-electron chi connectivity index (χ1n) is 6.70. The molecule has 1 aliphatic heterocycles. The van der Waals surface area contributed by atoms with Gasteiger partial charge in [0.05, 0.1) is 12.1 Å². The van der Waals surface area contributed by atoms with Crippen LogP contribution in [-0.4, -0.2) is 29.8 Å². The third-order valence-corrected chi connectivity index (χ3v) is 3.71. The maximum Gasteiger partial charge on any atom is 0.179 e. The predicted octanol–water partition coefficient (Wildman–Crippen LogP) is 3.27. The van der Waals surface area contributed by atoms with Gasteiger partial charge < -0.3 is 0 Å². The molecule has 18 heavy (non-hydrogen) atoms. The fourth-order valence-electron chi connectivity index (χ4n) is 2.53. The molecule has 98 valence electrons. The molecular weight excluding hydrogens is 229 g/mol. The van der Waals surface area contributed by atoms with E-state index in [4.69, 9.17) is 0 Å². The standard InChI is InChI=1S/C15H20FNO/c1-12-7-3-2-6-10-17(12)11-15(18)13-8-4-5-9-14(13)16/h4-5,8-9,12H,2-3,6-7,10-11H2,1H3. The average molecular weight is 249 g/mol. The van der Waals surface area contributed by atoms with Gasteiger partial charge in [0.2, 0.25) is 0 Å². The lowest BCUT2D eigenvalue weighted by Crippen LogP contribution is -2.37. The van der Waals surface area contributed by atoms with E-state index in [1.165, 1.54) is 18.9 Å². The summed E-state index contributed by atoms with van der Waals surface area (Å²) in [5.74, 6) is -0.521. The van der Waals surface area contributed by atoms with Crippen molar-refractivity contribution in [1.82, 2.24) is 4.90 Å². The van der Waals surface area contributed by atoms with E-state index in [1.807, 2.05) is 0 Å². The van der Waals surface area contributed by atoms with Crippen molar-refractivity contribution < 1.29 is 9.18 Å². The Morgan fingerprint density at radius 2 is 2.11 bits per heavy atom. The van der Waals surface area contributed by atoms with Crippen molar-refractivity contribution in [2.24, 2.45) is 0 Å². The fraction of sp³-hybridized carbons (Fsp3) is 0.533. The number of nitrogens with zero attached hydrogens (tertiary/aromatic N) is 1. The van der Waals surface area contributed by atoms with Crippen LogP contribution in [0.1, 0.15) is 43.0 Å². The second-order valence-electron chi connectivity index (χ2n) is 5.07. The lowest BCUT2D eigenvalue weighted by Gasteiger charge is -2.26. The van der Waals surface area contributed by atoms with Gasteiger partial charge in [0.15, 0.2) is 5.78 Å². The Kier molecular flexibility index (Phi) is 4.48. The second-order valence-corrected chi connectivity index (χ2v) is 5.07. The Morgan fingerprint density at radius 1 is 1.33 bits per heavy atom. The van der Waals surface area contributed by atoms with Crippen LogP contribution in [0.4, 0.5) is 4.39 Å². The van der Waals surface area contributed by atoms with Gasteiger partial charge >= 0.3 is 0 Å². The van der Waals surface area contributed by atoms with Gasteiger partial charge in [-0.05, 0) is 38.4 Å². The second kappa shape index (κ2) is 6.10. The monoisotopic (exact) mass is 249 g/mol. The number of hydrogen-bond donors (Lipinski definition) is 0. The summed E-state index contributed by atoms with van der Waals surface area (Å²) in [6.45, 7) is 3.43. The molecule has 0 bridgehead atoms. The Bertz CT molecular complexity index is 419. The molecule has 1 aliphatic rings. The molecule has 0 saturated carbocycles. The van der Waals surface area contributed by atoms with E-state index < -0.39 is 5.82 Å². The quantitative estimate of drug-likeness (QED) is 0.766. The third kappa shape index (κ3) is 3.16. The smallest absolute Gasteiger partial charge is 0.179 e. The van der Waals surface area contributed by atoms with Crippen LogP contribution in [0.5, 0.6) is 0 Å². The summed E-state index contributed by atoms with van der Waals surface area (Å²) < 4.78 is 13.5. The normalized spacial score (nSPS) is 21.6. The first-order valence-corrected chi connectivity index (χ1v) is 6.70. The molecule has 1 atom stereocenters. The molecule has 3 heteroatoms. The topological polar surface area (TPSA) is 20.3 Å². The fourth-order valence-corrected chi connectivity index (χ4v) is 2.53. The molecular formula is C15H20FNO. The molecule has 1 heterocycles. The minimum Gasteiger partial charge on any atom is -0.293 e. The number of ketones is 1. The summed E-state index contributed by atoms with van der Waals surface area (Å²) in [6.07, 6.45) is 4.72. The zero-order valence-corrected chi connectivity index (χ0v) is 10.9. The van der Waals surface area contributed by atoms with Crippen molar-refractivity contribution in [2.45, 2.75) is 38.6 Å². The summed E-state index contributed by atoms with van der Waals surface area (Å²) in [5, 5.41) is 0. The third-order valence-electron chi connectivity index (χ3n) is 3.71. The van der Waals surface area contributed by atoms with E-state index in [9.17, 15) is 9.18 Å². The van der Waals surface area contributed by atoms with Crippen LogP contribution < -0.4 is 0 Å². The number of hydrogen-bond acceptors (Lipinski definition) is 2. The van der Waals surface area contributed by atoms with E-state index in [-0.39, 0.29) is 11.3 Å². The number of rotatable bonds is 3. The molecule has 2 nitrogen and oxygen atoms in total. The maximum absolute atomic E-state index is 13.5. The molecule has 2 rings (SSSR count). The Labute approximate surface area is 108 Å². The first-order chi connectivity index (χ1) is 8.68. The van der Waals surface area contributed by atoms with E-state index in [1.54, 1.807) is 18.2 Å². The average Bonchev–Trinajstić information content (AvgIpc) is 2.55. The van der Waals surface area contributed by atoms with Crippen LogP contribution in [0.15, 0.2) is 24.3 Å². The van der Waals surface area contributed by atoms with Crippen molar-refractivity contribution in [3.05, 3.63) is 35.6 Å². The van der Waals surface area contributed by atoms with Crippen molar-refractivity contribution >= 4 is 5.78 Å². The highest BCUT2D eigenvalue weighted by Gasteiger charge is 2.21. The zero-order chi connectivity index (χ0) is 13.0. The highest BCUT2D eigenvalue weighted by Crippen LogP contribution is 2.17.